The predicted molar refractivity (Wildman–Crippen MR) is 91.2 cm³/mol. The van der Waals surface area contributed by atoms with Crippen molar-refractivity contribution in [3.8, 4) is 10.6 Å². The molecule has 1 N–H and O–H groups in total. The van der Waals surface area contributed by atoms with Gasteiger partial charge >= 0.3 is 0 Å². The lowest BCUT2D eigenvalue weighted by Crippen LogP contribution is -2.30. The fourth-order valence-electron chi connectivity index (χ4n) is 2.98. The molecular weight excluding hydrogens is 292 g/mol. The van der Waals surface area contributed by atoms with Gasteiger partial charge < -0.3 is 5.32 Å². The summed E-state index contributed by atoms with van der Waals surface area (Å²) in [6.07, 6.45) is 6.47. The largest absolute Gasteiger partial charge is 0.352 e. The lowest BCUT2D eigenvalue weighted by Gasteiger charge is -2.21. The highest BCUT2D eigenvalue weighted by molar-refractivity contribution is 7.13. The fraction of sp³-hybridized carbons (Fsp3) is 0.444. The van der Waals surface area contributed by atoms with Crippen molar-refractivity contribution in [3.63, 3.8) is 0 Å². The second kappa shape index (κ2) is 7.05. The van der Waals surface area contributed by atoms with Crippen molar-refractivity contribution < 1.29 is 4.79 Å². The minimum atomic E-state index is 0.0347. The normalized spacial score (nSPS) is 15.7. The summed E-state index contributed by atoms with van der Waals surface area (Å²) in [5.74, 6) is 0.697. The van der Waals surface area contributed by atoms with Gasteiger partial charge in [-0.3, -0.25) is 4.79 Å². The van der Waals surface area contributed by atoms with Gasteiger partial charge in [-0.1, -0.05) is 31.4 Å². The summed E-state index contributed by atoms with van der Waals surface area (Å²) in [4.78, 5) is 16.7. The molecule has 0 spiro atoms. The van der Waals surface area contributed by atoms with Gasteiger partial charge in [-0.25, -0.2) is 4.98 Å². The molecule has 0 unspecified atom stereocenters. The minimum Gasteiger partial charge on any atom is -0.352 e. The monoisotopic (exact) mass is 314 g/mol. The number of amides is 1. The summed E-state index contributed by atoms with van der Waals surface area (Å²) in [6.45, 7) is 2.80. The number of thiazole rings is 1. The van der Waals surface area contributed by atoms with Crippen LogP contribution in [0.15, 0.2) is 29.6 Å². The fourth-order valence-corrected chi connectivity index (χ4v) is 3.78. The van der Waals surface area contributed by atoms with E-state index in [4.69, 9.17) is 0 Å². The highest BCUT2D eigenvalue weighted by Crippen LogP contribution is 2.24. The van der Waals surface area contributed by atoms with Crippen molar-refractivity contribution in [1.29, 1.82) is 0 Å². The molecule has 0 radical (unpaired) electrons. The first-order valence-corrected chi connectivity index (χ1v) is 8.91. The van der Waals surface area contributed by atoms with Crippen LogP contribution in [0.4, 0.5) is 0 Å². The summed E-state index contributed by atoms with van der Waals surface area (Å²) in [5.41, 5.74) is 2.84. The molecule has 1 aliphatic rings. The van der Waals surface area contributed by atoms with Gasteiger partial charge in [-0.15, -0.1) is 11.3 Å². The molecule has 3 nitrogen and oxygen atoms in total. The predicted octanol–water partition coefficient (Wildman–Crippen LogP) is 4.43. The molecule has 1 aromatic carbocycles. The van der Waals surface area contributed by atoms with Gasteiger partial charge in [-0.05, 0) is 37.8 Å². The molecule has 1 aliphatic carbocycles. The van der Waals surface area contributed by atoms with Gasteiger partial charge in [0.15, 0.2) is 0 Å². The number of benzene rings is 1. The zero-order valence-electron chi connectivity index (χ0n) is 13.0. The maximum absolute atomic E-state index is 12.2. The molecule has 0 bridgehead atoms. The quantitative estimate of drug-likeness (QED) is 0.907. The highest BCUT2D eigenvalue weighted by Gasteiger charge is 2.15. The van der Waals surface area contributed by atoms with Crippen molar-refractivity contribution in [3.05, 3.63) is 40.9 Å². The van der Waals surface area contributed by atoms with Crippen LogP contribution in [0.3, 0.4) is 0 Å². The summed E-state index contributed by atoms with van der Waals surface area (Å²) >= 11 is 1.63. The van der Waals surface area contributed by atoms with E-state index in [-0.39, 0.29) is 5.91 Å². The Balaban J connectivity index is 1.58. The van der Waals surface area contributed by atoms with Crippen molar-refractivity contribution >= 4 is 17.2 Å². The number of nitrogens with zero attached hydrogens (tertiary/aromatic N) is 1. The summed E-state index contributed by atoms with van der Waals surface area (Å²) in [7, 11) is 0. The van der Waals surface area contributed by atoms with Gasteiger partial charge in [0.05, 0.1) is 0 Å². The number of hydrogen-bond acceptors (Lipinski definition) is 3. The highest BCUT2D eigenvalue weighted by atomic mass is 32.1. The molecular formula is C18H22N2OS. The molecule has 22 heavy (non-hydrogen) atoms. The smallest absolute Gasteiger partial charge is 0.251 e. The molecule has 0 saturated heterocycles. The van der Waals surface area contributed by atoms with Crippen LogP contribution in [0.1, 0.15) is 48.2 Å². The Morgan fingerprint density at radius 2 is 1.95 bits per heavy atom. The number of hydrogen-bond donors (Lipinski definition) is 1. The first kappa shape index (κ1) is 15.2. The van der Waals surface area contributed by atoms with E-state index in [9.17, 15) is 4.79 Å². The number of carbonyl (C=O) groups excluding carboxylic acids is 1. The van der Waals surface area contributed by atoms with Crippen LogP contribution >= 0.6 is 11.3 Å². The molecule has 1 amide bonds. The second-order valence-corrected chi connectivity index (χ2v) is 6.94. The Hall–Kier alpha value is -1.68. The van der Waals surface area contributed by atoms with E-state index in [1.54, 1.807) is 11.3 Å². The van der Waals surface area contributed by atoms with Crippen molar-refractivity contribution in [2.75, 3.05) is 6.54 Å². The van der Waals surface area contributed by atoms with Crippen LogP contribution in [0, 0.1) is 12.8 Å². The Morgan fingerprint density at radius 3 is 2.59 bits per heavy atom. The molecule has 0 aliphatic heterocycles. The maximum atomic E-state index is 12.2. The van der Waals surface area contributed by atoms with E-state index in [1.165, 1.54) is 32.1 Å². The molecule has 1 fully saturated rings. The van der Waals surface area contributed by atoms with Crippen LogP contribution in [0.2, 0.25) is 0 Å². The standard InChI is InChI=1S/C18H22N2OS/c1-13-12-22-18(20-13)16-9-7-15(8-10-16)17(21)19-11-14-5-3-2-4-6-14/h7-10,12,14H,2-6,11H2,1H3,(H,19,21). The van der Waals surface area contributed by atoms with Gasteiger partial charge in [0.2, 0.25) is 0 Å². The number of rotatable bonds is 4. The van der Waals surface area contributed by atoms with E-state index in [2.05, 4.69) is 10.3 Å². The summed E-state index contributed by atoms with van der Waals surface area (Å²) < 4.78 is 0. The van der Waals surface area contributed by atoms with Crippen LogP contribution < -0.4 is 5.32 Å². The van der Waals surface area contributed by atoms with E-state index < -0.39 is 0 Å². The number of carbonyl (C=O) groups is 1. The number of aryl methyl sites for hydroxylation is 1. The van der Waals surface area contributed by atoms with E-state index >= 15 is 0 Å². The van der Waals surface area contributed by atoms with Gasteiger partial charge in [0, 0.05) is 28.7 Å². The van der Waals surface area contributed by atoms with Crippen molar-refractivity contribution in [2.45, 2.75) is 39.0 Å². The lowest BCUT2D eigenvalue weighted by atomic mass is 9.89. The second-order valence-electron chi connectivity index (χ2n) is 6.09. The molecule has 3 rings (SSSR count). The van der Waals surface area contributed by atoms with Gasteiger partial charge in [0.25, 0.3) is 5.91 Å². The SMILES string of the molecule is Cc1csc(-c2ccc(C(=O)NCC3CCCCC3)cc2)n1. The maximum Gasteiger partial charge on any atom is 0.251 e. The molecule has 1 aromatic heterocycles. The van der Waals surface area contributed by atoms with Crippen molar-refractivity contribution in [2.24, 2.45) is 5.92 Å². The zero-order valence-corrected chi connectivity index (χ0v) is 13.8. The van der Waals surface area contributed by atoms with Crippen LogP contribution in [0.25, 0.3) is 10.6 Å². The lowest BCUT2D eigenvalue weighted by molar-refractivity contribution is 0.0943. The molecule has 2 aromatic rings. The molecule has 0 atom stereocenters. The Bertz CT molecular complexity index is 627. The molecule has 116 valence electrons. The number of nitrogens with one attached hydrogen (secondary N) is 1. The third-order valence-corrected chi connectivity index (χ3v) is 5.30. The Kier molecular flexibility index (Phi) is 4.88. The minimum absolute atomic E-state index is 0.0347. The Labute approximate surface area is 135 Å². The first-order chi connectivity index (χ1) is 10.7. The van der Waals surface area contributed by atoms with Crippen LogP contribution in [0.5, 0.6) is 0 Å². The van der Waals surface area contributed by atoms with Crippen molar-refractivity contribution in [1.82, 2.24) is 10.3 Å². The van der Waals surface area contributed by atoms with Gasteiger partial charge in [-0.2, -0.15) is 0 Å². The van der Waals surface area contributed by atoms with Crippen LogP contribution in [-0.2, 0) is 0 Å². The summed E-state index contributed by atoms with van der Waals surface area (Å²) in [6, 6.07) is 7.74. The summed E-state index contributed by atoms with van der Waals surface area (Å²) in [5, 5.41) is 6.13. The third-order valence-electron chi connectivity index (χ3n) is 4.29. The zero-order chi connectivity index (χ0) is 15.4. The topological polar surface area (TPSA) is 42.0 Å². The first-order valence-electron chi connectivity index (χ1n) is 8.03. The molecule has 1 saturated carbocycles. The average Bonchev–Trinajstić information content (AvgIpc) is 3.00. The average molecular weight is 314 g/mol. The van der Waals surface area contributed by atoms with Gasteiger partial charge in [0.1, 0.15) is 5.01 Å². The third kappa shape index (κ3) is 3.74. The van der Waals surface area contributed by atoms with E-state index in [0.29, 0.717) is 5.92 Å². The van der Waals surface area contributed by atoms with E-state index in [0.717, 1.165) is 28.4 Å². The van der Waals surface area contributed by atoms with E-state index in [1.807, 2.05) is 36.6 Å². The Morgan fingerprint density at radius 1 is 1.23 bits per heavy atom. The molecule has 4 heteroatoms. The van der Waals surface area contributed by atoms with Crippen LogP contribution in [-0.4, -0.2) is 17.4 Å². The number of aromatic nitrogens is 1. The molecule has 1 heterocycles.